The molecular formula is C14H22N2. The zero-order valence-electron chi connectivity index (χ0n) is 10.1. The Hall–Kier alpha value is -0.860. The van der Waals surface area contributed by atoms with Crippen molar-refractivity contribution in [1.82, 2.24) is 4.90 Å². The lowest BCUT2D eigenvalue weighted by atomic mass is 9.98. The molecule has 0 aromatic heterocycles. The van der Waals surface area contributed by atoms with E-state index in [9.17, 15) is 0 Å². The minimum absolute atomic E-state index is 0.390. The van der Waals surface area contributed by atoms with Gasteiger partial charge >= 0.3 is 0 Å². The minimum Gasteiger partial charge on any atom is -0.327 e. The van der Waals surface area contributed by atoms with Crippen LogP contribution in [0.1, 0.15) is 25.3 Å². The Labute approximate surface area is 98.4 Å². The van der Waals surface area contributed by atoms with E-state index >= 15 is 0 Å². The highest BCUT2D eigenvalue weighted by atomic mass is 15.1. The van der Waals surface area contributed by atoms with Crippen LogP contribution in [-0.4, -0.2) is 24.0 Å². The predicted octanol–water partition coefficient (Wildman–Crippen LogP) is 2.25. The Morgan fingerprint density at radius 3 is 2.81 bits per heavy atom. The molecule has 1 fully saturated rings. The summed E-state index contributed by atoms with van der Waals surface area (Å²) in [4.78, 5) is 2.52. The van der Waals surface area contributed by atoms with Crippen LogP contribution in [0.25, 0.3) is 0 Å². The van der Waals surface area contributed by atoms with Gasteiger partial charge in [-0.1, -0.05) is 37.3 Å². The van der Waals surface area contributed by atoms with Crippen molar-refractivity contribution in [2.24, 2.45) is 11.7 Å². The third-order valence-corrected chi connectivity index (χ3v) is 3.63. The quantitative estimate of drug-likeness (QED) is 0.840. The largest absolute Gasteiger partial charge is 0.327 e. The van der Waals surface area contributed by atoms with Crippen molar-refractivity contribution >= 4 is 0 Å². The van der Waals surface area contributed by atoms with Crippen molar-refractivity contribution < 1.29 is 0 Å². The maximum atomic E-state index is 6.11. The van der Waals surface area contributed by atoms with Crippen LogP contribution in [0.2, 0.25) is 0 Å². The monoisotopic (exact) mass is 218 g/mol. The molecule has 0 bridgehead atoms. The first-order chi connectivity index (χ1) is 7.79. The summed E-state index contributed by atoms with van der Waals surface area (Å²) >= 11 is 0. The third-order valence-electron chi connectivity index (χ3n) is 3.63. The van der Waals surface area contributed by atoms with E-state index in [1.54, 1.807) is 0 Å². The molecule has 1 saturated heterocycles. The molecule has 0 aliphatic carbocycles. The molecule has 2 rings (SSSR count). The van der Waals surface area contributed by atoms with Crippen LogP contribution in [-0.2, 0) is 6.54 Å². The standard InChI is InChI=1S/C14H22N2/c1-2-14(15)13-8-9-16(11-13)10-12-6-4-3-5-7-12/h3-7,13-14H,2,8-11,15H2,1H3/t13-,14-/m0/s1. The van der Waals surface area contributed by atoms with E-state index < -0.39 is 0 Å². The number of hydrogen-bond donors (Lipinski definition) is 1. The summed E-state index contributed by atoms with van der Waals surface area (Å²) < 4.78 is 0. The molecule has 1 aromatic rings. The summed E-state index contributed by atoms with van der Waals surface area (Å²) in [6, 6.07) is 11.1. The van der Waals surface area contributed by atoms with Gasteiger partial charge in [0.1, 0.15) is 0 Å². The maximum absolute atomic E-state index is 6.11. The Kier molecular flexibility index (Phi) is 3.97. The van der Waals surface area contributed by atoms with E-state index in [-0.39, 0.29) is 0 Å². The highest BCUT2D eigenvalue weighted by Crippen LogP contribution is 2.21. The Morgan fingerprint density at radius 1 is 1.38 bits per heavy atom. The molecule has 1 aromatic carbocycles. The average Bonchev–Trinajstić information content (AvgIpc) is 2.78. The van der Waals surface area contributed by atoms with Crippen LogP contribution in [0.4, 0.5) is 0 Å². The molecular weight excluding hydrogens is 196 g/mol. The van der Waals surface area contributed by atoms with Gasteiger partial charge < -0.3 is 5.73 Å². The van der Waals surface area contributed by atoms with Crippen LogP contribution in [0.3, 0.4) is 0 Å². The zero-order chi connectivity index (χ0) is 11.4. The first kappa shape index (κ1) is 11.6. The summed E-state index contributed by atoms with van der Waals surface area (Å²) in [5.41, 5.74) is 7.52. The van der Waals surface area contributed by atoms with E-state index in [0.717, 1.165) is 13.0 Å². The summed E-state index contributed by atoms with van der Waals surface area (Å²) in [5.74, 6) is 0.703. The van der Waals surface area contributed by atoms with Gasteiger partial charge in [-0.3, -0.25) is 4.90 Å². The highest BCUT2D eigenvalue weighted by Gasteiger charge is 2.26. The number of hydrogen-bond acceptors (Lipinski definition) is 2. The number of benzene rings is 1. The van der Waals surface area contributed by atoms with E-state index in [1.807, 2.05) is 0 Å². The van der Waals surface area contributed by atoms with Crippen LogP contribution in [0.15, 0.2) is 30.3 Å². The lowest BCUT2D eigenvalue weighted by Crippen LogP contribution is -2.31. The number of nitrogens with zero attached hydrogens (tertiary/aromatic N) is 1. The second kappa shape index (κ2) is 5.46. The fraction of sp³-hybridized carbons (Fsp3) is 0.571. The van der Waals surface area contributed by atoms with E-state index in [4.69, 9.17) is 5.73 Å². The molecule has 0 amide bonds. The molecule has 16 heavy (non-hydrogen) atoms. The Balaban J connectivity index is 1.85. The lowest BCUT2D eigenvalue weighted by molar-refractivity contribution is 0.304. The highest BCUT2D eigenvalue weighted by molar-refractivity contribution is 5.14. The lowest BCUT2D eigenvalue weighted by Gasteiger charge is -2.19. The van der Waals surface area contributed by atoms with Gasteiger partial charge in [0.15, 0.2) is 0 Å². The molecule has 2 heteroatoms. The van der Waals surface area contributed by atoms with Crippen LogP contribution in [0.5, 0.6) is 0 Å². The number of rotatable bonds is 4. The molecule has 1 aliphatic heterocycles. The SMILES string of the molecule is CC[C@H](N)[C@H]1CCN(Cc2ccccc2)C1. The first-order valence-corrected chi connectivity index (χ1v) is 6.31. The fourth-order valence-corrected chi connectivity index (χ4v) is 2.53. The van der Waals surface area contributed by atoms with E-state index in [0.29, 0.717) is 12.0 Å². The first-order valence-electron chi connectivity index (χ1n) is 6.31. The van der Waals surface area contributed by atoms with E-state index in [1.165, 1.54) is 25.1 Å². The van der Waals surface area contributed by atoms with Gasteiger partial charge in [0, 0.05) is 19.1 Å². The van der Waals surface area contributed by atoms with Crippen molar-refractivity contribution in [1.29, 1.82) is 0 Å². The van der Waals surface area contributed by atoms with Gasteiger partial charge in [-0.25, -0.2) is 0 Å². The van der Waals surface area contributed by atoms with Crippen molar-refractivity contribution in [3.63, 3.8) is 0 Å². The summed E-state index contributed by atoms with van der Waals surface area (Å²) in [5, 5.41) is 0. The third kappa shape index (κ3) is 2.83. The normalized spacial score (nSPS) is 23.5. The van der Waals surface area contributed by atoms with Gasteiger partial charge in [-0.05, 0) is 30.9 Å². The minimum atomic E-state index is 0.390. The second-order valence-electron chi connectivity index (χ2n) is 4.84. The number of nitrogens with two attached hydrogens (primary N) is 1. The molecule has 2 atom stereocenters. The van der Waals surface area contributed by atoms with Crippen molar-refractivity contribution in [3.05, 3.63) is 35.9 Å². The molecule has 0 spiro atoms. The average molecular weight is 218 g/mol. The van der Waals surface area contributed by atoms with E-state index in [2.05, 4.69) is 42.2 Å². The molecule has 88 valence electrons. The van der Waals surface area contributed by atoms with Gasteiger partial charge in [0.25, 0.3) is 0 Å². The zero-order valence-corrected chi connectivity index (χ0v) is 10.1. The molecule has 1 aliphatic rings. The van der Waals surface area contributed by atoms with Crippen molar-refractivity contribution in [3.8, 4) is 0 Å². The summed E-state index contributed by atoms with van der Waals surface area (Å²) in [6.07, 6.45) is 2.37. The summed E-state index contributed by atoms with van der Waals surface area (Å²) in [6.45, 7) is 5.63. The predicted molar refractivity (Wildman–Crippen MR) is 68.1 cm³/mol. The molecule has 0 radical (unpaired) electrons. The smallest absolute Gasteiger partial charge is 0.0233 e. The number of likely N-dealkylation sites (tertiary alicyclic amines) is 1. The summed E-state index contributed by atoms with van der Waals surface area (Å²) in [7, 11) is 0. The molecule has 0 saturated carbocycles. The fourth-order valence-electron chi connectivity index (χ4n) is 2.53. The van der Waals surface area contributed by atoms with Crippen LogP contribution in [0, 0.1) is 5.92 Å². The Morgan fingerprint density at radius 2 is 2.12 bits per heavy atom. The van der Waals surface area contributed by atoms with Gasteiger partial charge in [-0.15, -0.1) is 0 Å². The van der Waals surface area contributed by atoms with Crippen molar-refractivity contribution in [2.75, 3.05) is 13.1 Å². The van der Waals surface area contributed by atoms with Crippen molar-refractivity contribution in [2.45, 2.75) is 32.4 Å². The molecule has 0 unspecified atom stereocenters. The molecule has 2 N–H and O–H groups in total. The molecule has 1 heterocycles. The Bertz CT molecular complexity index is 310. The van der Waals surface area contributed by atoms with Crippen LogP contribution >= 0.6 is 0 Å². The topological polar surface area (TPSA) is 29.3 Å². The second-order valence-corrected chi connectivity index (χ2v) is 4.84. The van der Waals surface area contributed by atoms with Gasteiger partial charge in [0.05, 0.1) is 0 Å². The van der Waals surface area contributed by atoms with Gasteiger partial charge in [0.2, 0.25) is 0 Å². The van der Waals surface area contributed by atoms with Gasteiger partial charge in [-0.2, -0.15) is 0 Å². The van der Waals surface area contributed by atoms with Crippen LogP contribution < -0.4 is 5.73 Å². The maximum Gasteiger partial charge on any atom is 0.0233 e. The molecule has 2 nitrogen and oxygen atoms in total.